The van der Waals surface area contributed by atoms with Gasteiger partial charge in [-0.15, -0.1) is 0 Å². The Kier molecular flexibility index (Phi) is 6.56. The van der Waals surface area contributed by atoms with Crippen molar-refractivity contribution in [2.24, 2.45) is 0 Å². The van der Waals surface area contributed by atoms with Crippen LogP contribution < -0.4 is 15.8 Å². The summed E-state index contributed by atoms with van der Waals surface area (Å²) < 4.78 is 0. The van der Waals surface area contributed by atoms with Crippen LogP contribution in [0.1, 0.15) is 23.6 Å². The summed E-state index contributed by atoms with van der Waals surface area (Å²) in [5, 5.41) is 4.96. The number of H-pyrrole nitrogens is 1. The molecule has 0 aliphatic carbocycles. The number of aromatic amines is 1. The van der Waals surface area contributed by atoms with Gasteiger partial charge in [0.15, 0.2) is 5.11 Å². The van der Waals surface area contributed by atoms with E-state index in [1.54, 1.807) is 0 Å². The van der Waals surface area contributed by atoms with Crippen LogP contribution in [0, 0.1) is 13.8 Å². The lowest BCUT2D eigenvalue weighted by Crippen LogP contribution is -3.06. The second kappa shape index (κ2) is 8.45. The molecule has 0 radical (unpaired) electrons. The summed E-state index contributed by atoms with van der Waals surface area (Å²) in [7, 11) is 4.23. The third-order valence-corrected chi connectivity index (χ3v) is 4.80. The van der Waals surface area contributed by atoms with Crippen LogP contribution in [0.3, 0.4) is 0 Å². The number of aryl methyl sites for hydroxylation is 2. The summed E-state index contributed by atoms with van der Waals surface area (Å²) in [4.78, 5) is 19.0. The van der Waals surface area contributed by atoms with Gasteiger partial charge in [0.1, 0.15) is 0 Å². The zero-order chi connectivity index (χ0) is 18.6. The Bertz CT molecular complexity index is 813. The van der Waals surface area contributed by atoms with Crippen LogP contribution in [0.4, 0.5) is 0 Å². The Morgan fingerprint density at radius 1 is 1.24 bits per heavy atom. The van der Waals surface area contributed by atoms with Crippen molar-refractivity contribution in [1.29, 1.82) is 0 Å². The third kappa shape index (κ3) is 5.03. The van der Waals surface area contributed by atoms with Crippen LogP contribution in [0.15, 0.2) is 23.0 Å². The standard InChI is InChI=1S/C19H28N4OS/c1-6-20-19(25)23(8-7-22(4)5)12-16-11-15-9-13(2)14(3)10-17(15)21-18(16)24/h9-11H,6-8,12H2,1-5H3,(H,20,25)(H,21,24)/p+1. The number of nitrogens with one attached hydrogen (secondary N) is 3. The van der Waals surface area contributed by atoms with Gasteiger partial charge in [-0.1, -0.05) is 0 Å². The molecular weight excluding hydrogens is 332 g/mol. The number of benzene rings is 1. The number of quaternary nitrogens is 1. The molecule has 6 heteroatoms. The molecule has 0 atom stereocenters. The monoisotopic (exact) mass is 361 g/mol. The number of thiocarbonyl (C=S) groups is 1. The Morgan fingerprint density at radius 2 is 1.92 bits per heavy atom. The largest absolute Gasteiger partial charge is 0.363 e. The van der Waals surface area contributed by atoms with Crippen molar-refractivity contribution in [1.82, 2.24) is 15.2 Å². The van der Waals surface area contributed by atoms with E-state index in [0.717, 1.165) is 36.1 Å². The molecule has 2 aromatic rings. The van der Waals surface area contributed by atoms with Gasteiger partial charge < -0.3 is 20.1 Å². The number of nitrogens with zero attached hydrogens (tertiary/aromatic N) is 1. The molecule has 0 spiro atoms. The average molecular weight is 362 g/mol. The lowest BCUT2D eigenvalue weighted by molar-refractivity contribution is -0.857. The van der Waals surface area contributed by atoms with Gasteiger partial charge in [-0.2, -0.15) is 0 Å². The number of hydrogen-bond donors (Lipinski definition) is 3. The number of pyridine rings is 1. The van der Waals surface area contributed by atoms with Gasteiger partial charge in [0.2, 0.25) is 0 Å². The number of likely N-dealkylation sites (N-methyl/N-ethyl adjacent to an activating group) is 1. The molecule has 1 aromatic carbocycles. The fourth-order valence-electron chi connectivity index (χ4n) is 2.72. The van der Waals surface area contributed by atoms with Crippen molar-refractivity contribution in [3.8, 4) is 0 Å². The second-order valence-electron chi connectivity index (χ2n) is 6.86. The second-order valence-corrected chi connectivity index (χ2v) is 7.25. The maximum Gasteiger partial charge on any atom is 0.253 e. The summed E-state index contributed by atoms with van der Waals surface area (Å²) >= 11 is 5.50. The van der Waals surface area contributed by atoms with E-state index in [1.807, 2.05) is 19.1 Å². The first kappa shape index (κ1) is 19.4. The summed E-state index contributed by atoms with van der Waals surface area (Å²) in [5.74, 6) is 0. The Labute approximate surface area is 155 Å². The maximum absolute atomic E-state index is 12.5. The topological polar surface area (TPSA) is 52.6 Å². The number of hydrogen-bond acceptors (Lipinski definition) is 2. The van der Waals surface area contributed by atoms with E-state index >= 15 is 0 Å². The van der Waals surface area contributed by atoms with Gasteiger partial charge in [0, 0.05) is 17.6 Å². The highest BCUT2D eigenvalue weighted by Crippen LogP contribution is 2.17. The number of fused-ring (bicyclic) bond motifs is 1. The highest BCUT2D eigenvalue weighted by molar-refractivity contribution is 7.80. The minimum absolute atomic E-state index is 0.0442. The molecule has 5 nitrogen and oxygen atoms in total. The van der Waals surface area contributed by atoms with E-state index in [9.17, 15) is 4.79 Å². The van der Waals surface area contributed by atoms with Crippen molar-refractivity contribution in [3.63, 3.8) is 0 Å². The van der Waals surface area contributed by atoms with Crippen molar-refractivity contribution in [2.75, 3.05) is 33.7 Å². The predicted octanol–water partition coefficient (Wildman–Crippen LogP) is 0.986. The first-order valence-electron chi connectivity index (χ1n) is 8.76. The van der Waals surface area contributed by atoms with Crippen LogP contribution in [0.25, 0.3) is 10.9 Å². The molecule has 0 unspecified atom stereocenters. The quantitative estimate of drug-likeness (QED) is 0.672. The van der Waals surface area contributed by atoms with Crippen LogP contribution in [0.2, 0.25) is 0 Å². The first-order valence-corrected chi connectivity index (χ1v) is 9.17. The highest BCUT2D eigenvalue weighted by Gasteiger charge is 2.14. The van der Waals surface area contributed by atoms with E-state index < -0.39 is 0 Å². The van der Waals surface area contributed by atoms with E-state index in [0.29, 0.717) is 11.7 Å². The number of aromatic nitrogens is 1. The van der Waals surface area contributed by atoms with Crippen molar-refractivity contribution in [2.45, 2.75) is 27.3 Å². The molecule has 0 amide bonds. The minimum atomic E-state index is -0.0442. The molecule has 3 N–H and O–H groups in total. The molecule has 25 heavy (non-hydrogen) atoms. The van der Waals surface area contributed by atoms with Gasteiger partial charge in [-0.05, 0) is 67.7 Å². The zero-order valence-corrected chi connectivity index (χ0v) is 16.6. The van der Waals surface area contributed by atoms with Gasteiger partial charge in [-0.25, -0.2) is 0 Å². The van der Waals surface area contributed by atoms with Crippen LogP contribution in [-0.2, 0) is 6.54 Å². The van der Waals surface area contributed by atoms with E-state index in [-0.39, 0.29) is 5.56 Å². The minimum Gasteiger partial charge on any atom is -0.363 e. The summed E-state index contributed by atoms with van der Waals surface area (Å²) in [6.45, 7) is 9.21. The Hall–Kier alpha value is -1.92. The van der Waals surface area contributed by atoms with Crippen LogP contribution in [0.5, 0.6) is 0 Å². The molecule has 0 saturated carbocycles. The highest BCUT2D eigenvalue weighted by atomic mass is 32.1. The van der Waals surface area contributed by atoms with Gasteiger partial charge in [0.25, 0.3) is 5.56 Å². The van der Waals surface area contributed by atoms with E-state index in [4.69, 9.17) is 12.2 Å². The molecular formula is C19H29N4OS+. The van der Waals surface area contributed by atoms with Crippen molar-refractivity contribution in [3.05, 3.63) is 45.2 Å². The molecule has 0 bridgehead atoms. The molecule has 0 aliphatic rings. The van der Waals surface area contributed by atoms with Gasteiger partial charge in [-0.3, -0.25) is 4.79 Å². The lowest BCUT2D eigenvalue weighted by Gasteiger charge is -2.26. The third-order valence-electron chi connectivity index (χ3n) is 4.39. The normalized spacial score (nSPS) is 11.1. The fraction of sp³-hybridized carbons (Fsp3) is 0.474. The smallest absolute Gasteiger partial charge is 0.253 e. The first-order chi connectivity index (χ1) is 11.8. The number of rotatable bonds is 6. The van der Waals surface area contributed by atoms with E-state index in [1.165, 1.54) is 16.0 Å². The molecule has 0 aliphatic heterocycles. The van der Waals surface area contributed by atoms with Gasteiger partial charge in [0.05, 0.1) is 33.7 Å². The molecule has 0 fully saturated rings. The molecule has 2 rings (SSSR count). The molecule has 1 aromatic heterocycles. The summed E-state index contributed by atoms with van der Waals surface area (Å²) in [6.07, 6.45) is 0. The molecule has 136 valence electrons. The van der Waals surface area contributed by atoms with Crippen molar-refractivity contribution >= 4 is 28.2 Å². The summed E-state index contributed by atoms with van der Waals surface area (Å²) in [6, 6.07) is 6.15. The fourth-order valence-corrected chi connectivity index (χ4v) is 3.02. The maximum atomic E-state index is 12.5. The Balaban J connectivity index is 2.33. The summed E-state index contributed by atoms with van der Waals surface area (Å²) in [5.41, 5.74) is 3.99. The molecule has 0 saturated heterocycles. The zero-order valence-electron chi connectivity index (χ0n) is 15.8. The Morgan fingerprint density at radius 3 is 2.56 bits per heavy atom. The average Bonchev–Trinajstić information content (AvgIpc) is 2.53. The predicted molar refractivity (Wildman–Crippen MR) is 108 cm³/mol. The van der Waals surface area contributed by atoms with Crippen molar-refractivity contribution < 1.29 is 4.90 Å². The van der Waals surface area contributed by atoms with Crippen LogP contribution >= 0.6 is 12.2 Å². The van der Waals surface area contributed by atoms with Crippen LogP contribution in [-0.4, -0.2) is 48.7 Å². The van der Waals surface area contributed by atoms with E-state index in [2.05, 4.69) is 49.2 Å². The lowest BCUT2D eigenvalue weighted by atomic mass is 10.0. The molecule has 1 heterocycles. The SMILES string of the molecule is CCNC(=S)N(CC[NH+](C)C)Cc1cc2cc(C)c(C)cc2[nH]c1=O. The van der Waals surface area contributed by atoms with Gasteiger partial charge >= 0.3 is 0 Å².